The molecule has 2 nitrogen and oxygen atoms in total. The first-order valence-electron chi connectivity index (χ1n) is 2.64. The van der Waals surface area contributed by atoms with Crippen LogP contribution in [0.2, 0.25) is 0 Å². The second-order valence-electron chi connectivity index (χ2n) is 1.44. The lowest BCUT2D eigenvalue weighted by Gasteiger charge is -2.10. The molecule has 0 saturated heterocycles. The molecule has 0 bridgehead atoms. The Balaban J connectivity index is 3.91. The van der Waals surface area contributed by atoms with Gasteiger partial charge in [-0.3, -0.25) is 0 Å². The molecule has 0 aliphatic rings. The number of esters is 1. The average molecular weight is 170 g/mol. The molecule has 60 valence electrons. The average Bonchev–Trinajstić information content (AvgIpc) is 1.89. The van der Waals surface area contributed by atoms with Crippen molar-refractivity contribution in [2.45, 2.75) is 12.2 Å². The van der Waals surface area contributed by atoms with Gasteiger partial charge in [0, 0.05) is 0 Å². The zero-order valence-electron chi connectivity index (χ0n) is 5.69. The van der Waals surface area contributed by atoms with Crippen molar-refractivity contribution >= 4 is 17.7 Å². The van der Waals surface area contributed by atoms with E-state index in [1.807, 2.05) is 0 Å². The van der Waals surface area contributed by atoms with Crippen LogP contribution < -0.4 is 0 Å². The molecular weight excluding hydrogens is 162 g/mol. The molecule has 0 aromatic rings. The number of carbonyl (C=O) groups is 1. The van der Waals surface area contributed by atoms with Gasteiger partial charge in [0.2, 0.25) is 0 Å². The third-order valence-electron chi connectivity index (χ3n) is 0.769. The topological polar surface area (TPSA) is 26.3 Å². The Kier molecular flexibility index (Phi) is 3.63. The number of hydrogen-bond acceptors (Lipinski definition) is 3. The van der Waals surface area contributed by atoms with Crippen molar-refractivity contribution in [3.63, 3.8) is 0 Å². The Bertz CT molecular complexity index is 127. The molecule has 10 heavy (non-hydrogen) atoms. The number of alkyl halides is 2. The molecular formula is C5H8F2O2S. The Morgan fingerprint density at radius 1 is 1.70 bits per heavy atom. The highest BCUT2D eigenvalue weighted by molar-refractivity contribution is 8.00. The van der Waals surface area contributed by atoms with E-state index in [0.717, 1.165) is 6.26 Å². The fourth-order valence-electron chi connectivity index (χ4n) is 0.298. The van der Waals surface area contributed by atoms with Crippen LogP contribution in [-0.4, -0.2) is 24.1 Å². The smallest absolute Gasteiger partial charge is 0.388 e. The lowest BCUT2D eigenvalue weighted by molar-refractivity contribution is -0.159. The molecule has 0 aromatic carbocycles. The van der Waals surface area contributed by atoms with Crippen molar-refractivity contribution < 1.29 is 18.3 Å². The van der Waals surface area contributed by atoms with E-state index in [9.17, 15) is 13.6 Å². The van der Waals surface area contributed by atoms with Gasteiger partial charge in [-0.05, 0) is 13.2 Å². The van der Waals surface area contributed by atoms with Gasteiger partial charge in [0.15, 0.2) is 0 Å². The summed E-state index contributed by atoms with van der Waals surface area (Å²) in [5.74, 6) is -1.47. The summed E-state index contributed by atoms with van der Waals surface area (Å²) in [5, 5.41) is -3.39. The first-order valence-corrected chi connectivity index (χ1v) is 3.87. The summed E-state index contributed by atoms with van der Waals surface area (Å²) in [6.07, 6.45) is 1.15. The van der Waals surface area contributed by atoms with Crippen molar-refractivity contribution in [2.75, 3.05) is 12.9 Å². The number of thioether (sulfide) groups is 1. The zero-order valence-corrected chi connectivity index (χ0v) is 6.50. The van der Waals surface area contributed by atoms with Crippen LogP contribution in [0, 0.1) is 0 Å². The van der Waals surface area contributed by atoms with E-state index in [1.54, 1.807) is 0 Å². The normalized spacial score (nSPS) is 11.2. The van der Waals surface area contributed by atoms with E-state index in [-0.39, 0.29) is 18.4 Å². The number of hydrogen-bond donors (Lipinski definition) is 0. The van der Waals surface area contributed by atoms with Crippen LogP contribution in [-0.2, 0) is 9.53 Å². The summed E-state index contributed by atoms with van der Waals surface area (Å²) < 4.78 is 28.5. The van der Waals surface area contributed by atoms with Gasteiger partial charge < -0.3 is 4.74 Å². The minimum atomic E-state index is -3.39. The zero-order chi connectivity index (χ0) is 8.20. The molecule has 0 aromatic heterocycles. The lowest BCUT2D eigenvalue weighted by Crippen LogP contribution is -2.26. The Labute approximate surface area is 61.9 Å². The Morgan fingerprint density at radius 3 is 2.50 bits per heavy atom. The number of halogens is 2. The van der Waals surface area contributed by atoms with Crippen LogP contribution in [0.25, 0.3) is 0 Å². The summed E-state index contributed by atoms with van der Waals surface area (Å²) in [6.45, 7) is 1.46. The van der Waals surface area contributed by atoms with Gasteiger partial charge in [-0.1, -0.05) is 11.8 Å². The third kappa shape index (κ3) is 2.51. The first-order chi connectivity index (χ1) is 4.54. The van der Waals surface area contributed by atoms with Crippen LogP contribution in [0.15, 0.2) is 0 Å². The van der Waals surface area contributed by atoms with E-state index in [4.69, 9.17) is 0 Å². The third-order valence-corrected chi connectivity index (χ3v) is 1.45. The van der Waals surface area contributed by atoms with E-state index in [1.165, 1.54) is 6.92 Å². The molecule has 0 radical (unpaired) electrons. The summed E-state index contributed by atoms with van der Waals surface area (Å²) in [7, 11) is 0. The van der Waals surface area contributed by atoms with Gasteiger partial charge in [-0.25, -0.2) is 4.79 Å². The summed E-state index contributed by atoms with van der Waals surface area (Å²) in [6, 6.07) is 0. The van der Waals surface area contributed by atoms with Gasteiger partial charge in [0.1, 0.15) is 0 Å². The summed E-state index contributed by atoms with van der Waals surface area (Å²) in [5.41, 5.74) is 0. The molecule has 0 unspecified atom stereocenters. The number of ether oxygens (including phenoxy) is 1. The lowest BCUT2D eigenvalue weighted by atomic mass is 10.7. The number of carbonyl (C=O) groups excluding carboxylic acids is 1. The highest BCUT2D eigenvalue weighted by atomic mass is 32.2. The highest BCUT2D eigenvalue weighted by Crippen LogP contribution is 2.27. The molecule has 5 heteroatoms. The molecule has 0 spiro atoms. The molecule has 0 N–H and O–H groups in total. The fraction of sp³-hybridized carbons (Fsp3) is 0.800. The summed E-state index contributed by atoms with van der Waals surface area (Å²) >= 11 is 0.167. The molecule has 0 heterocycles. The van der Waals surface area contributed by atoms with Crippen molar-refractivity contribution in [1.29, 1.82) is 0 Å². The maximum absolute atomic E-state index is 12.2. The number of rotatable bonds is 3. The monoisotopic (exact) mass is 170 g/mol. The Morgan fingerprint density at radius 2 is 2.20 bits per heavy atom. The van der Waals surface area contributed by atoms with E-state index in [2.05, 4.69) is 4.74 Å². The maximum Gasteiger partial charge on any atom is 0.388 e. The molecule has 0 rings (SSSR count). The second-order valence-corrected chi connectivity index (χ2v) is 2.36. The van der Waals surface area contributed by atoms with E-state index in [0.29, 0.717) is 0 Å². The quantitative estimate of drug-likeness (QED) is 0.600. The van der Waals surface area contributed by atoms with Gasteiger partial charge in [-0.2, -0.15) is 8.78 Å². The molecule has 0 aliphatic heterocycles. The first kappa shape index (κ1) is 9.68. The van der Waals surface area contributed by atoms with Crippen molar-refractivity contribution in [1.82, 2.24) is 0 Å². The van der Waals surface area contributed by atoms with Gasteiger partial charge in [-0.15, -0.1) is 0 Å². The fourth-order valence-corrected chi connectivity index (χ4v) is 0.524. The predicted molar refractivity (Wildman–Crippen MR) is 35.1 cm³/mol. The predicted octanol–water partition coefficient (Wildman–Crippen LogP) is 1.51. The standard InChI is InChI=1S/C5H8F2O2S/c1-3-9-4(8)5(6,7)10-2/h3H2,1-2H3. The van der Waals surface area contributed by atoms with E-state index < -0.39 is 11.2 Å². The van der Waals surface area contributed by atoms with Crippen molar-refractivity contribution in [2.24, 2.45) is 0 Å². The van der Waals surface area contributed by atoms with Gasteiger partial charge >= 0.3 is 11.2 Å². The summed E-state index contributed by atoms with van der Waals surface area (Å²) in [4.78, 5) is 10.3. The molecule has 0 fully saturated rings. The van der Waals surface area contributed by atoms with Crippen molar-refractivity contribution in [3.8, 4) is 0 Å². The minimum Gasteiger partial charge on any atom is -0.461 e. The van der Waals surface area contributed by atoms with Gasteiger partial charge in [0.25, 0.3) is 0 Å². The Hall–Kier alpha value is -0.320. The van der Waals surface area contributed by atoms with Crippen LogP contribution in [0.3, 0.4) is 0 Å². The van der Waals surface area contributed by atoms with Crippen LogP contribution in [0.5, 0.6) is 0 Å². The van der Waals surface area contributed by atoms with Crippen LogP contribution >= 0.6 is 11.8 Å². The van der Waals surface area contributed by atoms with Crippen molar-refractivity contribution in [3.05, 3.63) is 0 Å². The SMILES string of the molecule is CCOC(=O)C(F)(F)SC. The maximum atomic E-state index is 12.2. The molecule has 0 saturated carbocycles. The molecule has 0 aliphatic carbocycles. The van der Waals surface area contributed by atoms with E-state index >= 15 is 0 Å². The second kappa shape index (κ2) is 3.75. The van der Waals surface area contributed by atoms with Crippen LogP contribution in [0.1, 0.15) is 6.92 Å². The highest BCUT2D eigenvalue weighted by Gasteiger charge is 2.39. The largest absolute Gasteiger partial charge is 0.461 e. The molecule has 0 amide bonds. The minimum absolute atomic E-state index is 0.0189. The molecule has 0 atom stereocenters. The van der Waals surface area contributed by atoms with Crippen LogP contribution in [0.4, 0.5) is 8.78 Å². The van der Waals surface area contributed by atoms with Gasteiger partial charge in [0.05, 0.1) is 6.61 Å².